The summed E-state index contributed by atoms with van der Waals surface area (Å²) in [5.41, 5.74) is 0.0615. The Balaban J connectivity index is 1.52. The second-order valence-electron chi connectivity index (χ2n) is 7.71. The number of morpholine rings is 1. The molecule has 0 bridgehead atoms. The molecule has 1 spiro atoms. The predicted molar refractivity (Wildman–Crippen MR) is 111 cm³/mol. The van der Waals surface area contributed by atoms with E-state index in [4.69, 9.17) is 9.47 Å². The van der Waals surface area contributed by atoms with Gasteiger partial charge in [0.25, 0.3) is 0 Å². The third kappa shape index (κ3) is 4.98. The van der Waals surface area contributed by atoms with Crippen molar-refractivity contribution in [3.05, 3.63) is 59.9 Å². The highest BCUT2D eigenvalue weighted by atomic mass is 32.2. The number of ether oxygens (including phenoxy) is 2. The van der Waals surface area contributed by atoms with Crippen LogP contribution in [0.2, 0.25) is 0 Å². The van der Waals surface area contributed by atoms with Crippen molar-refractivity contribution in [2.75, 3.05) is 44.7 Å². The number of hydrogen-bond acceptors (Lipinski definition) is 5. The topological polar surface area (TPSA) is 88.2 Å². The molecule has 8 nitrogen and oxygen atoms in total. The number of benzene rings is 2. The van der Waals surface area contributed by atoms with Crippen LogP contribution in [0.5, 0.6) is 0 Å². The van der Waals surface area contributed by atoms with Gasteiger partial charge in [0, 0.05) is 24.8 Å². The third-order valence-corrected chi connectivity index (χ3v) is 7.28. The lowest BCUT2D eigenvalue weighted by Crippen LogP contribution is -2.59. The van der Waals surface area contributed by atoms with Crippen molar-refractivity contribution in [1.82, 2.24) is 9.21 Å². The Morgan fingerprint density at radius 3 is 2.45 bits per heavy atom. The smallest absolute Gasteiger partial charge is 0.322 e. The van der Waals surface area contributed by atoms with Gasteiger partial charge >= 0.3 is 6.03 Å². The van der Waals surface area contributed by atoms with Crippen molar-refractivity contribution >= 4 is 21.7 Å². The van der Waals surface area contributed by atoms with E-state index in [2.05, 4.69) is 5.32 Å². The number of rotatable bonds is 3. The minimum absolute atomic E-state index is 0.0111. The minimum Gasteiger partial charge on any atom is -0.347 e. The molecule has 1 atom stereocenters. The van der Waals surface area contributed by atoms with Gasteiger partial charge in [-0.15, -0.1) is 0 Å². The van der Waals surface area contributed by atoms with Crippen molar-refractivity contribution in [3.8, 4) is 0 Å². The first-order valence-corrected chi connectivity index (χ1v) is 11.7. The van der Waals surface area contributed by atoms with Crippen molar-refractivity contribution in [2.45, 2.75) is 17.1 Å². The molecule has 4 rings (SSSR count). The molecule has 2 aliphatic rings. The molecule has 33 heavy (non-hydrogen) atoms. The normalized spacial score (nSPS) is 22.2. The van der Waals surface area contributed by atoms with Crippen LogP contribution in [0.3, 0.4) is 0 Å². The van der Waals surface area contributed by atoms with E-state index < -0.39 is 44.2 Å². The van der Waals surface area contributed by atoms with E-state index in [1.165, 1.54) is 29.2 Å². The van der Waals surface area contributed by atoms with Crippen molar-refractivity contribution < 1.29 is 35.9 Å². The van der Waals surface area contributed by atoms with Crippen LogP contribution >= 0.6 is 0 Å². The fourth-order valence-electron chi connectivity index (χ4n) is 3.79. The molecule has 2 aliphatic heterocycles. The summed E-state index contributed by atoms with van der Waals surface area (Å²) in [5.74, 6) is -4.47. The SMILES string of the molecule is O=C(Nc1ccc(F)c(F)c1)N1CCCOC2(C1)CN(S(=O)(=O)c1ccccc1F)CCO2. The average molecular weight is 485 g/mol. The number of carbonyl (C=O) groups is 1. The number of nitrogens with one attached hydrogen (secondary N) is 1. The van der Waals surface area contributed by atoms with Gasteiger partial charge in [0.2, 0.25) is 10.0 Å². The number of nitrogens with zero attached hydrogens (tertiary/aromatic N) is 2. The van der Waals surface area contributed by atoms with E-state index in [1.807, 2.05) is 0 Å². The molecule has 2 fully saturated rings. The molecule has 0 aliphatic carbocycles. The first-order chi connectivity index (χ1) is 15.7. The zero-order chi connectivity index (χ0) is 23.6. The first kappa shape index (κ1) is 23.5. The van der Waals surface area contributed by atoms with E-state index in [1.54, 1.807) is 0 Å². The first-order valence-electron chi connectivity index (χ1n) is 10.2. The Hall–Kier alpha value is -2.67. The van der Waals surface area contributed by atoms with E-state index in [9.17, 15) is 26.4 Å². The molecule has 12 heteroatoms. The van der Waals surface area contributed by atoms with Crippen LogP contribution in [0.25, 0.3) is 0 Å². The maximum atomic E-state index is 14.2. The second kappa shape index (κ2) is 9.29. The third-order valence-electron chi connectivity index (χ3n) is 5.40. The van der Waals surface area contributed by atoms with Crippen LogP contribution in [-0.2, 0) is 19.5 Å². The molecule has 178 valence electrons. The summed E-state index contributed by atoms with van der Waals surface area (Å²) in [4.78, 5) is 13.7. The number of hydrogen-bond donors (Lipinski definition) is 1. The van der Waals surface area contributed by atoms with Crippen LogP contribution in [0.4, 0.5) is 23.7 Å². The molecular formula is C21H22F3N3O5S. The monoisotopic (exact) mass is 485 g/mol. The molecule has 0 aromatic heterocycles. The summed E-state index contributed by atoms with van der Waals surface area (Å²) in [6.07, 6.45) is 0.441. The number of sulfonamides is 1. The number of carbonyl (C=O) groups excluding carboxylic acids is 1. The molecule has 1 unspecified atom stereocenters. The summed E-state index contributed by atoms with van der Waals surface area (Å²) in [6, 6.07) is 7.44. The quantitative estimate of drug-likeness (QED) is 0.723. The Labute approximate surface area is 188 Å². The van der Waals surface area contributed by atoms with Crippen molar-refractivity contribution in [2.24, 2.45) is 0 Å². The van der Waals surface area contributed by atoms with Gasteiger partial charge in [-0.2, -0.15) is 4.31 Å². The Kier molecular flexibility index (Phi) is 6.61. The molecule has 1 N–H and O–H groups in total. The van der Waals surface area contributed by atoms with E-state index in [0.717, 1.165) is 22.5 Å². The average Bonchev–Trinajstić information content (AvgIpc) is 2.99. The number of halogens is 3. The van der Waals surface area contributed by atoms with Crippen LogP contribution in [0.15, 0.2) is 47.4 Å². The Bertz CT molecular complexity index is 1150. The lowest BCUT2D eigenvalue weighted by Gasteiger charge is -2.42. The summed E-state index contributed by atoms with van der Waals surface area (Å²) >= 11 is 0. The maximum absolute atomic E-state index is 14.2. The zero-order valence-corrected chi connectivity index (χ0v) is 18.3. The second-order valence-corrected chi connectivity index (χ2v) is 9.62. The van der Waals surface area contributed by atoms with Gasteiger partial charge in [0.05, 0.1) is 26.3 Å². The lowest BCUT2D eigenvalue weighted by atomic mass is 10.2. The molecule has 0 radical (unpaired) electrons. The van der Waals surface area contributed by atoms with Gasteiger partial charge in [0.15, 0.2) is 17.4 Å². The van der Waals surface area contributed by atoms with Gasteiger partial charge < -0.3 is 19.7 Å². The molecule has 2 aromatic rings. The largest absolute Gasteiger partial charge is 0.347 e. The summed E-state index contributed by atoms with van der Waals surface area (Å²) in [5, 5.41) is 2.49. The lowest BCUT2D eigenvalue weighted by molar-refractivity contribution is -0.255. The standard InChI is InChI=1S/C21H22F3N3O5S/c22-16-7-6-15(12-18(16)24)25-20(28)26-8-3-10-31-21(13-26)14-27(9-11-32-21)33(29,30)19-5-2-1-4-17(19)23/h1-2,4-7,12H,3,8-11,13-14H2,(H,25,28). The summed E-state index contributed by atoms with van der Waals surface area (Å²) in [7, 11) is -4.17. The molecule has 2 amide bonds. The van der Waals surface area contributed by atoms with E-state index >= 15 is 0 Å². The summed E-state index contributed by atoms with van der Waals surface area (Å²) < 4.78 is 79.6. The van der Waals surface area contributed by atoms with Crippen LogP contribution in [0, 0.1) is 17.5 Å². The van der Waals surface area contributed by atoms with Gasteiger partial charge in [-0.25, -0.2) is 26.4 Å². The highest BCUT2D eigenvalue weighted by Crippen LogP contribution is 2.29. The number of amides is 2. The van der Waals surface area contributed by atoms with Gasteiger partial charge in [-0.05, 0) is 30.7 Å². The van der Waals surface area contributed by atoms with Crippen molar-refractivity contribution in [3.63, 3.8) is 0 Å². The zero-order valence-electron chi connectivity index (χ0n) is 17.5. The van der Waals surface area contributed by atoms with Gasteiger partial charge in [-0.3, -0.25) is 0 Å². The van der Waals surface area contributed by atoms with Crippen molar-refractivity contribution in [1.29, 1.82) is 0 Å². The molecule has 2 aromatic carbocycles. The maximum Gasteiger partial charge on any atom is 0.322 e. The van der Waals surface area contributed by atoms with E-state index in [0.29, 0.717) is 6.42 Å². The number of urea groups is 1. The van der Waals surface area contributed by atoms with Gasteiger partial charge in [-0.1, -0.05) is 12.1 Å². The molecule has 2 heterocycles. The van der Waals surface area contributed by atoms with Gasteiger partial charge in [0.1, 0.15) is 10.7 Å². The van der Waals surface area contributed by atoms with E-state index in [-0.39, 0.29) is 45.1 Å². The summed E-state index contributed by atoms with van der Waals surface area (Å²) in [6.45, 7) is 0.0583. The minimum atomic E-state index is -4.17. The molecule has 2 saturated heterocycles. The Morgan fingerprint density at radius 2 is 1.70 bits per heavy atom. The highest BCUT2D eigenvalue weighted by Gasteiger charge is 2.45. The van der Waals surface area contributed by atoms with Crippen LogP contribution < -0.4 is 5.32 Å². The number of anilines is 1. The Morgan fingerprint density at radius 1 is 0.939 bits per heavy atom. The fraction of sp³-hybridized carbons (Fsp3) is 0.381. The highest BCUT2D eigenvalue weighted by molar-refractivity contribution is 7.89. The molecule has 0 saturated carbocycles. The fourth-order valence-corrected chi connectivity index (χ4v) is 5.31. The van der Waals surface area contributed by atoms with Crippen LogP contribution in [0.1, 0.15) is 6.42 Å². The van der Waals surface area contributed by atoms with Crippen LogP contribution in [-0.4, -0.2) is 68.8 Å². The predicted octanol–water partition coefficient (Wildman–Crippen LogP) is 2.78. The molecular weight excluding hydrogens is 463 g/mol.